The van der Waals surface area contributed by atoms with E-state index in [0.717, 1.165) is 5.69 Å². The van der Waals surface area contributed by atoms with Crippen LogP contribution in [0.25, 0.3) is 82.8 Å². The van der Waals surface area contributed by atoms with Crippen LogP contribution >= 0.6 is 0 Å². The summed E-state index contributed by atoms with van der Waals surface area (Å²) in [4.78, 5) is 0. The van der Waals surface area contributed by atoms with Crippen LogP contribution in [-0.4, -0.2) is 13.7 Å². The Hall–Kier alpha value is -6.06. The number of para-hydroxylation sites is 2. The van der Waals surface area contributed by atoms with Crippen molar-refractivity contribution >= 4 is 54.6 Å². The maximum Gasteiger partial charge on any atom is 0.0563 e. The summed E-state index contributed by atoms with van der Waals surface area (Å²) >= 11 is 0. The van der Waals surface area contributed by atoms with Crippen LogP contribution in [0.3, 0.4) is 0 Å². The average molecular weight is 574 g/mol. The van der Waals surface area contributed by atoms with E-state index in [1.54, 1.807) is 0 Å². The molecule has 0 aliphatic carbocycles. The van der Waals surface area contributed by atoms with Gasteiger partial charge in [-0.15, -0.1) is 0 Å². The highest BCUT2D eigenvalue weighted by atomic mass is 15.0. The summed E-state index contributed by atoms with van der Waals surface area (Å²) in [6.07, 6.45) is 0. The molecule has 0 radical (unpaired) electrons. The molecule has 7 aromatic carbocycles. The molecule has 210 valence electrons. The van der Waals surface area contributed by atoms with Crippen LogP contribution < -0.4 is 0 Å². The van der Waals surface area contributed by atoms with Crippen molar-refractivity contribution in [2.45, 2.75) is 0 Å². The van der Waals surface area contributed by atoms with Crippen LogP contribution in [0.1, 0.15) is 0 Å². The zero-order chi connectivity index (χ0) is 29.5. The Balaban J connectivity index is 1.19. The van der Waals surface area contributed by atoms with Gasteiger partial charge in [-0.2, -0.15) is 0 Å². The molecule has 0 fully saturated rings. The highest BCUT2D eigenvalue weighted by Gasteiger charge is 2.22. The molecule has 0 atom stereocenters. The van der Waals surface area contributed by atoms with Crippen molar-refractivity contribution in [3.05, 3.63) is 164 Å². The Kier molecular flexibility index (Phi) is 5.00. The molecular weight excluding hydrogens is 546 g/mol. The first-order valence-electron chi connectivity index (χ1n) is 15.5. The Morgan fingerprint density at radius 1 is 0.267 bits per heavy atom. The predicted molar refractivity (Wildman–Crippen MR) is 189 cm³/mol. The highest BCUT2D eigenvalue weighted by Crippen LogP contribution is 2.43. The van der Waals surface area contributed by atoms with E-state index in [-0.39, 0.29) is 0 Å². The Morgan fingerprint density at radius 3 is 1.38 bits per heavy atom. The van der Waals surface area contributed by atoms with Gasteiger partial charge < -0.3 is 13.7 Å². The lowest BCUT2D eigenvalue weighted by Crippen LogP contribution is -1.98. The number of hydrogen-bond donors (Lipinski definition) is 0. The fraction of sp³-hybridized carbons (Fsp3) is 0. The largest absolute Gasteiger partial charge is 0.309 e. The number of fused-ring (bicyclic) bond motifs is 3. The molecule has 10 aromatic rings. The lowest BCUT2D eigenvalue weighted by molar-refractivity contribution is 1.15. The van der Waals surface area contributed by atoms with E-state index in [2.05, 4.69) is 177 Å². The maximum atomic E-state index is 2.44. The predicted octanol–water partition coefficient (Wildman–Crippen LogP) is 10.9. The first-order chi connectivity index (χ1) is 22.3. The molecule has 3 heteroatoms. The van der Waals surface area contributed by atoms with Gasteiger partial charge in [0.05, 0.1) is 33.1 Å². The van der Waals surface area contributed by atoms with Crippen molar-refractivity contribution in [2.24, 2.45) is 0 Å². The summed E-state index contributed by atoms with van der Waals surface area (Å²) < 4.78 is 7.24. The Bertz CT molecular complexity index is 2600. The number of rotatable bonds is 4. The van der Waals surface area contributed by atoms with Gasteiger partial charge in [0.1, 0.15) is 0 Å². The van der Waals surface area contributed by atoms with Gasteiger partial charge in [0.2, 0.25) is 0 Å². The smallest absolute Gasteiger partial charge is 0.0563 e. The summed E-state index contributed by atoms with van der Waals surface area (Å²) in [5.74, 6) is 0. The van der Waals surface area contributed by atoms with E-state index in [9.17, 15) is 0 Å². The highest BCUT2D eigenvalue weighted by molar-refractivity contribution is 6.25. The third kappa shape index (κ3) is 3.41. The lowest BCUT2D eigenvalue weighted by Gasteiger charge is -2.13. The minimum atomic E-state index is 1.16. The van der Waals surface area contributed by atoms with Gasteiger partial charge in [-0.05, 0) is 83.9 Å². The molecule has 0 aliphatic heterocycles. The summed E-state index contributed by atoms with van der Waals surface area (Å²) in [5, 5.41) is 5.13. The number of hydrogen-bond acceptors (Lipinski definition) is 0. The van der Waals surface area contributed by atoms with Gasteiger partial charge in [0.15, 0.2) is 0 Å². The van der Waals surface area contributed by atoms with E-state index in [4.69, 9.17) is 0 Å². The summed E-state index contributed by atoms with van der Waals surface area (Å²) in [7, 11) is 0. The average Bonchev–Trinajstić information content (AvgIpc) is 3.75. The molecular formula is C42H27N3. The number of aromatic nitrogens is 3. The molecule has 0 amide bonds. The Labute approximate surface area is 259 Å². The summed E-state index contributed by atoms with van der Waals surface area (Å²) in [6.45, 7) is 0. The summed E-state index contributed by atoms with van der Waals surface area (Å²) in [5.41, 5.74) is 13.3. The fourth-order valence-corrected chi connectivity index (χ4v) is 7.52. The van der Waals surface area contributed by atoms with Gasteiger partial charge in [0, 0.05) is 38.6 Å². The van der Waals surface area contributed by atoms with Crippen LogP contribution in [0, 0.1) is 0 Å². The first-order valence-corrected chi connectivity index (χ1v) is 15.5. The van der Waals surface area contributed by atoms with Gasteiger partial charge in [0.25, 0.3) is 0 Å². The van der Waals surface area contributed by atoms with Crippen molar-refractivity contribution < 1.29 is 0 Å². The molecule has 3 nitrogen and oxygen atoms in total. The van der Waals surface area contributed by atoms with E-state index in [0.29, 0.717) is 0 Å². The minimum absolute atomic E-state index is 1.16. The van der Waals surface area contributed by atoms with E-state index >= 15 is 0 Å². The van der Waals surface area contributed by atoms with Gasteiger partial charge in [-0.3, -0.25) is 0 Å². The molecule has 0 unspecified atom stereocenters. The number of nitrogens with zero attached hydrogens (tertiary/aromatic N) is 3. The topological polar surface area (TPSA) is 14.8 Å². The van der Waals surface area contributed by atoms with E-state index in [1.165, 1.54) is 77.1 Å². The molecule has 45 heavy (non-hydrogen) atoms. The van der Waals surface area contributed by atoms with Crippen molar-refractivity contribution in [1.29, 1.82) is 0 Å². The molecule has 3 aromatic heterocycles. The van der Waals surface area contributed by atoms with Crippen LogP contribution in [0.2, 0.25) is 0 Å². The molecule has 0 aliphatic rings. The van der Waals surface area contributed by atoms with E-state index < -0.39 is 0 Å². The SMILES string of the molecule is c1ccc(-c2ccc(-n3c4ccccc4c4cc(-n5c6cccc7c6c6c(cccc65)n7-c5ccccc5)ccc43)cc2)cc1. The quantitative estimate of drug-likeness (QED) is 0.199. The maximum absolute atomic E-state index is 2.44. The van der Waals surface area contributed by atoms with Gasteiger partial charge >= 0.3 is 0 Å². The van der Waals surface area contributed by atoms with Crippen molar-refractivity contribution in [3.8, 4) is 28.2 Å². The molecule has 0 saturated carbocycles. The van der Waals surface area contributed by atoms with E-state index in [1.807, 2.05) is 0 Å². The van der Waals surface area contributed by atoms with Crippen LogP contribution in [0.5, 0.6) is 0 Å². The molecule has 3 heterocycles. The van der Waals surface area contributed by atoms with Crippen LogP contribution in [0.15, 0.2) is 164 Å². The van der Waals surface area contributed by atoms with Crippen molar-refractivity contribution in [1.82, 2.24) is 13.7 Å². The van der Waals surface area contributed by atoms with Crippen molar-refractivity contribution in [3.63, 3.8) is 0 Å². The Morgan fingerprint density at radius 2 is 0.711 bits per heavy atom. The van der Waals surface area contributed by atoms with Gasteiger partial charge in [-0.1, -0.05) is 91.0 Å². The third-order valence-corrected chi connectivity index (χ3v) is 9.42. The first kappa shape index (κ1) is 24.4. The standard InChI is InChI=1S/C42H27N3/c1-3-11-28(12-4-1)29-21-23-31(24-22-29)43-35-16-8-7-15-33(35)34-27-32(25-26-36(34)43)45-39-19-9-17-37-41(39)42-38(18-10-20-40(42)45)44(37)30-13-5-2-6-14-30/h1-27H. The van der Waals surface area contributed by atoms with Crippen LogP contribution in [-0.2, 0) is 0 Å². The number of benzene rings is 7. The third-order valence-electron chi connectivity index (χ3n) is 9.42. The molecule has 0 bridgehead atoms. The zero-order valence-electron chi connectivity index (χ0n) is 24.4. The van der Waals surface area contributed by atoms with Gasteiger partial charge in [-0.25, -0.2) is 0 Å². The molecule has 0 saturated heterocycles. The zero-order valence-corrected chi connectivity index (χ0v) is 24.4. The minimum Gasteiger partial charge on any atom is -0.309 e. The van der Waals surface area contributed by atoms with Crippen molar-refractivity contribution in [2.75, 3.05) is 0 Å². The van der Waals surface area contributed by atoms with Crippen LogP contribution in [0.4, 0.5) is 0 Å². The molecule has 0 spiro atoms. The summed E-state index contributed by atoms with van der Waals surface area (Å²) in [6, 6.07) is 59.3. The second-order valence-electron chi connectivity index (χ2n) is 11.8. The second-order valence-corrected chi connectivity index (χ2v) is 11.8. The second kappa shape index (κ2) is 9.22. The molecule has 10 rings (SSSR count). The lowest BCUT2D eigenvalue weighted by atomic mass is 10.1. The molecule has 0 N–H and O–H groups in total. The fourth-order valence-electron chi connectivity index (χ4n) is 7.52. The normalized spacial score (nSPS) is 12.0. The monoisotopic (exact) mass is 573 g/mol.